The lowest BCUT2D eigenvalue weighted by Gasteiger charge is -2.29. The van der Waals surface area contributed by atoms with Gasteiger partial charge >= 0.3 is 0 Å². The van der Waals surface area contributed by atoms with Crippen molar-refractivity contribution in [3.8, 4) is 0 Å². The fraction of sp³-hybridized carbons (Fsp3) is 0.533. The van der Waals surface area contributed by atoms with Crippen molar-refractivity contribution in [1.29, 1.82) is 0 Å². The Balaban J connectivity index is 1.84. The number of ether oxygens (including phenoxy) is 1. The first-order chi connectivity index (χ1) is 9.63. The van der Waals surface area contributed by atoms with E-state index < -0.39 is 0 Å². The number of rotatable bonds is 1. The molecule has 1 aromatic carbocycles. The molecule has 108 valence electrons. The molecule has 2 bridgehead atoms. The second-order valence-electron chi connectivity index (χ2n) is 5.74. The molecular weight excluding hydrogens is 259 g/mol. The maximum atomic E-state index is 13.0. The van der Waals surface area contributed by atoms with Crippen molar-refractivity contribution in [2.24, 2.45) is 5.92 Å². The molecule has 5 heteroatoms. The van der Waals surface area contributed by atoms with Crippen LogP contribution in [0.15, 0.2) is 24.3 Å². The zero-order chi connectivity index (χ0) is 14.1. The highest BCUT2D eigenvalue weighted by Gasteiger charge is 2.34. The van der Waals surface area contributed by atoms with Crippen LogP contribution in [0.3, 0.4) is 0 Å². The monoisotopic (exact) mass is 278 g/mol. The molecule has 0 saturated carbocycles. The van der Waals surface area contributed by atoms with Gasteiger partial charge in [-0.25, -0.2) is 4.39 Å². The fourth-order valence-electron chi connectivity index (χ4n) is 3.08. The topological polar surface area (TPSA) is 32.8 Å². The quantitative estimate of drug-likeness (QED) is 0.774. The number of hydrogen-bond acceptors (Lipinski definition) is 3. The highest BCUT2D eigenvalue weighted by molar-refractivity contribution is 5.94. The Labute approximate surface area is 118 Å². The average Bonchev–Trinajstić information content (AvgIpc) is 2.69. The largest absolute Gasteiger partial charge is 0.379 e. The fourth-order valence-corrected chi connectivity index (χ4v) is 3.08. The van der Waals surface area contributed by atoms with E-state index in [-0.39, 0.29) is 17.8 Å². The van der Waals surface area contributed by atoms with Gasteiger partial charge in [0.1, 0.15) is 5.82 Å². The number of carbonyl (C=O) groups is 1. The van der Waals surface area contributed by atoms with Gasteiger partial charge in [-0.1, -0.05) is 0 Å². The Morgan fingerprint density at radius 2 is 1.95 bits per heavy atom. The minimum atomic E-state index is -0.320. The molecule has 3 rings (SSSR count). The number of hydrogen-bond donors (Lipinski definition) is 0. The van der Waals surface area contributed by atoms with Gasteiger partial charge in [0.25, 0.3) is 5.91 Å². The second-order valence-corrected chi connectivity index (χ2v) is 5.74. The van der Waals surface area contributed by atoms with E-state index in [9.17, 15) is 9.18 Å². The molecule has 2 aliphatic heterocycles. The predicted octanol–water partition coefficient (Wildman–Crippen LogP) is 1.23. The maximum Gasteiger partial charge on any atom is 0.254 e. The highest BCUT2D eigenvalue weighted by atomic mass is 19.1. The van der Waals surface area contributed by atoms with Crippen LogP contribution in [-0.4, -0.2) is 61.6 Å². The van der Waals surface area contributed by atoms with E-state index in [2.05, 4.69) is 11.9 Å². The van der Waals surface area contributed by atoms with Gasteiger partial charge in [0.15, 0.2) is 0 Å². The van der Waals surface area contributed by atoms with Gasteiger partial charge in [0, 0.05) is 31.1 Å². The summed E-state index contributed by atoms with van der Waals surface area (Å²) in [6.07, 6.45) is 0. The van der Waals surface area contributed by atoms with Crippen LogP contribution in [-0.2, 0) is 4.74 Å². The summed E-state index contributed by atoms with van der Waals surface area (Å²) < 4.78 is 18.6. The van der Waals surface area contributed by atoms with E-state index in [1.165, 1.54) is 12.1 Å². The van der Waals surface area contributed by atoms with Crippen molar-refractivity contribution in [3.05, 3.63) is 35.6 Å². The van der Waals surface area contributed by atoms with Crippen molar-refractivity contribution in [2.75, 3.05) is 39.9 Å². The molecule has 1 amide bonds. The smallest absolute Gasteiger partial charge is 0.254 e. The summed E-state index contributed by atoms with van der Waals surface area (Å²) in [6.45, 7) is 3.76. The van der Waals surface area contributed by atoms with E-state index in [1.807, 2.05) is 4.90 Å². The summed E-state index contributed by atoms with van der Waals surface area (Å²) >= 11 is 0. The van der Waals surface area contributed by atoms with Crippen LogP contribution in [0.5, 0.6) is 0 Å². The molecule has 20 heavy (non-hydrogen) atoms. The van der Waals surface area contributed by atoms with E-state index in [0.29, 0.717) is 31.2 Å². The summed E-state index contributed by atoms with van der Waals surface area (Å²) in [6, 6.07) is 5.85. The number of carbonyl (C=O) groups excluding carboxylic acids is 1. The van der Waals surface area contributed by atoms with Gasteiger partial charge in [-0.2, -0.15) is 0 Å². The molecule has 0 unspecified atom stereocenters. The van der Waals surface area contributed by atoms with Crippen molar-refractivity contribution in [1.82, 2.24) is 9.80 Å². The standard InChI is InChI=1S/C15H19FN2O2/c1-17-6-11-7-18(14(8-17)10-20-9-11)15(19)12-2-4-13(16)5-3-12/h2-5,11,14H,6-10H2,1H3/t11-,14-/m0/s1. The molecule has 1 aromatic rings. The SMILES string of the molecule is CN1C[C@@H]2COC[C@H](C1)N(C(=O)c1ccc(F)cc1)C2. The van der Waals surface area contributed by atoms with Crippen molar-refractivity contribution >= 4 is 5.91 Å². The first-order valence-electron chi connectivity index (χ1n) is 6.96. The third-order valence-electron chi connectivity index (χ3n) is 4.00. The molecule has 2 fully saturated rings. The average molecular weight is 278 g/mol. The third kappa shape index (κ3) is 2.69. The molecule has 4 nitrogen and oxygen atoms in total. The van der Waals surface area contributed by atoms with E-state index in [1.54, 1.807) is 12.1 Å². The van der Waals surface area contributed by atoms with Crippen LogP contribution in [0.4, 0.5) is 4.39 Å². The van der Waals surface area contributed by atoms with Gasteiger partial charge in [0.2, 0.25) is 0 Å². The molecule has 2 saturated heterocycles. The molecule has 2 heterocycles. The molecular formula is C15H19FN2O2. The number of amides is 1. The minimum Gasteiger partial charge on any atom is -0.379 e. The van der Waals surface area contributed by atoms with Crippen molar-refractivity contribution < 1.29 is 13.9 Å². The van der Waals surface area contributed by atoms with Crippen molar-refractivity contribution in [3.63, 3.8) is 0 Å². The van der Waals surface area contributed by atoms with E-state index >= 15 is 0 Å². The summed E-state index contributed by atoms with van der Waals surface area (Å²) in [5.41, 5.74) is 0.543. The summed E-state index contributed by atoms with van der Waals surface area (Å²) in [5, 5.41) is 0. The van der Waals surface area contributed by atoms with E-state index in [4.69, 9.17) is 4.74 Å². The number of likely N-dealkylation sites (N-methyl/N-ethyl adjacent to an activating group) is 1. The van der Waals surface area contributed by atoms with Gasteiger partial charge < -0.3 is 14.5 Å². The molecule has 0 radical (unpaired) electrons. The third-order valence-corrected chi connectivity index (χ3v) is 4.00. The predicted molar refractivity (Wildman–Crippen MR) is 73.0 cm³/mol. The number of halogens is 1. The van der Waals surface area contributed by atoms with Crippen LogP contribution in [0.25, 0.3) is 0 Å². The van der Waals surface area contributed by atoms with Gasteiger partial charge in [-0.3, -0.25) is 4.79 Å². The Morgan fingerprint density at radius 1 is 1.20 bits per heavy atom. The van der Waals surface area contributed by atoms with Crippen molar-refractivity contribution in [2.45, 2.75) is 6.04 Å². The minimum absolute atomic E-state index is 0.0270. The van der Waals surface area contributed by atoms with Crippen LogP contribution >= 0.6 is 0 Å². The molecule has 2 aliphatic rings. The van der Waals surface area contributed by atoms with Crippen LogP contribution in [0.2, 0.25) is 0 Å². The Bertz CT molecular complexity index is 491. The first kappa shape index (κ1) is 13.5. The zero-order valence-corrected chi connectivity index (χ0v) is 11.6. The van der Waals surface area contributed by atoms with E-state index in [0.717, 1.165) is 13.1 Å². The second kappa shape index (κ2) is 5.50. The van der Waals surface area contributed by atoms with Crippen LogP contribution in [0.1, 0.15) is 10.4 Å². The number of benzene rings is 1. The lowest BCUT2D eigenvalue weighted by Crippen LogP contribution is -2.45. The summed E-state index contributed by atoms with van der Waals surface area (Å²) in [5.74, 6) is -0.00285. The molecule has 0 aliphatic carbocycles. The van der Waals surface area contributed by atoms with Gasteiger partial charge in [-0.05, 0) is 31.3 Å². The first-order valence-corrected chi connectivity index (χ1v) is 6.96. The summed E-state index contributed by atoms with van der Waals surface area (Å²) in [4.78, 5) is 16.8. The highest BCUT2D eigenvalue weighted by Crippen LogP contribution is 2.21. The van der Waals surface area contributed by atoms with Crippen LogP contribution < -0.4 is 0 Å². The lowest BCUT2D eigenvalue weighted by molar-refractivity contribution is 0.0483. The summed E-state index contributed by atoms with van der Waals surface area (Å²) in [7, 11) is 2.08. The zero-order valence-electron chi connectivity index (χ0n) is 11.6. The normalized spacial score (nSPS) is 27.2. The maximum absolute atomic E-state index is 13.0. The molecule has 0 N–H and O–H groups in total. The van der Waals surface area contributed by atoms with Gasteiger partial charge in [0.05, 0.1) is 19.3 Å². The molecule has 0 spiro atoms. The van der Waals surface area contributed by atoms with Gasteiger partial charge in [-0.15, -0.1) is 0 Å². The lowest BCUT2D eigenvalue weighted by atomic mass is 10.1. The Morgan fingerprint density at radius 3 is 2.70 bits per heavy atom. The Kier molecular flexibility index (Phi) is 3.72. The number of fused-ring (bicyclic) bond motifs is 3. The Hall–Kier alpha value is -1.46. The number of nitrogens with zero attached hydrogens (tertiary/aromatic N) is 2. The molecule has 0 aromatic heterocycles. The van der Waals surface area contributed by atoms with Crippen LogP contribution in [0, 0.1) is 11.7 Å². The molecule has 2 atom stereocenters.